The van der Waals surface area contributed by atoms with E-state index in [0.717, 1.165) is 47.2 Å². The first-order valence-corrected chi connectivity index (χ1v) is 9.49. The first kappa shape index (κ1) is 16.8. The number of hydrogen-bond donors (Lipinski definition) is 0. The molecule has 0 fully saturated rings. The number of hydrogen-bond acceptors (Lipinski definition) is 3. The highest BCUT2D eigenvalue weighted by Gasteiger charge is 2.24. The Morgan fingerprint density at radius 2 is 2.11 bits per heavy atom. The van der Waals surface area contributed by atoms with Gasteiger partial charge in [0.15, 0.2) is 17.0 Å². The summed E-state index contributed by atoms with van der Waals surface area (Å²) in [7, 11) is 0. The van der Waals surface area contributed by atoms with Crippen LogP contribution in [-0.2, 0) is 13.0 Å². The van der Waals surface area contributed by atoms with E-state index >= 15 is 0 Å². The lowest BCUT2D eigenvalue weighted by molar-refractivity contribution is 0.104. The second kappa shape index (κ2) is 6.34. The van der Waals surface area contributed by atoms with Crippen LogP contribution in [0.1, 0.15) is 34.3 Å². The predicted octanol–water partition coefficient (Wildman–Crippen LogP) is 4.92. The fourth-order valence-electron chi connectivity index (χ4n) is 4.13. The Morgan fingerprint density at radius 1 is 1.21 bits per heavy atom. The molecule has 1 aliphatic heterocycles. The summed E-state index contributed by atoms with van der Waals surface area (Å²) in [5.74, 6) is 0.376. The number of ketones is 1. The Labute approximate surface area is 162 Å². The van der Waals surface area contributed by atoms with Crippen LogP contribution in [-0.4, -0.2) is 10.4 Å². The Balaban J connectivity index is 1.66. The summed E-state index contributed by atoms with van der Waals surface area (Å²) in [6, 6.07) is 7.87. The van der Waals surface area contributed by atoms with Gasteiger partial charge in [0, 0.05) is 29.8 Å². The summed E-state index contributed by atoms with van der Waals surface area (Å²) in [6.07, 6.45) is 12.1. The Kier molecular flexibility index (Phi) is 3.79. The largest absolute Gasteiger partial charge is 0.454 e. The molecule has 138 valence electrons. The average molecular weight is 369 g/mol. The van der Waals surface area contributed by atoms with Crippen molar-refractivity contribution in [3.8, 4) is 11.5 Å². The molecule has 0 radical (unpaired) electrons. The Bertz CT molecular complexity index is 1270. The SMILES string of the molecule is C=CC(=O)c1cn2c(cc1=O)-c1oc3cc(C4=CC=CCC4)ccc3c1CC2. The number of allylic oxidation sites excluding steroid dienone is 5. The summed E-state index contributed by atoms with van der Waals surface area (Å²) in [5.41, 5.74) is 5.02. The Morgan fingerprint density at radius 3 is 2.89 bits per heavy atom. The molecule has 0 spiro atoms. The second-order valence-electron chi connectivity index (χ2n) is 7.23. The first-order valence-electron chi connectivity index (χ1n) is 9.49. The summed E-state index contributed by atoms with van der Waals surface area (Å²) >= 11 is 0. The van der Waals surface area contributed by atoms with Gasteiger partial charge in [-0.2, -0.15) is 0 Å². The van der Waals surface area contributed by atoms with Crippen LogP contribution in [0.15, 0.2) is 70.6 Å². The summed E-state index contributed by atoms with van der Waals surface area (Å²) in [5, 5.41) is 1.09. The van der Waals surface area contributed by atoms with Crippen molar-refractivity contribution in [3.63, 3.8) is 0 Å². The third kappa shape index (κ3) is 2.53. The third-order valence-corrected chi connectivity index (χ3v) is 5.59. The van der Waals surface area contributed by atoms with Crippen molar-refractivity contribution in [2.45, 2.75) is 25.8 Å². The molecule has 0 unspecified atom stereocenters. The molecule has 28 heavy (non-hydrogen) atoms. The molecule has 4 heteroatoms. The zero-order valence-corrected chi connectivity index (χ0v) is 15.4. The van der Waals surface area contributed by atoms with Crippen LogP contribution in [0.2, 0.25) is 0 Å². The number of furan rings is 1. The molecule has 2 aliphatic rings. The maximum atomic E-state index is 12.4. The maximum Gasteiger partial charge on any atom is 0.193 e. The molecule has 0 saturated carbocycles. The van der Waals surface area contributed by atoms with Gasteiger partial charge in [0.2, 0.25) is 0 Å². The number of nitrogens with zero attached hydrogens (tertiary/aromatic N) is 1. The van der Waals surface area contributed by atoms with Crippen LogP contribution in [0, 0.1) is 0 Å². The van der Waals surface area contributed by atoms with E-state index in [0.29, 0.717) is 6.54 Å². The highest BCUT2D eigenvalue weighted by atomic mass is 16.3. The number of benzene rings is 1. The van der Waals surface area contributed by atoms with Crippen molar-refractivity contribution in [3.05, 3.63) is 88.3 Å². The van der Waals surface area contributed by atoms with E-state index in [4.69, 9.17) is 4.42 Å². The van der Waals surface area contributed by atoms with Gasteiger partial charge in [-0.1, -0.05) is 36.9 Å². The molecule has 0 bridgehead atoms. The molecule has 3 heterocycles. The van der Waals surface area contributed by atoms with Crippen molar-refractivity contribution in [2.75, 3.05) is 0 Å². The second-order valence-corrected chi connectivity index (χ2v) is 7.23. The average Bonchev–Trinajstić information content (AvgIpc) is 3.11. The van der Waals surface area contributed by atoms with Gasteiger partial charge >= 0.3 is 0 Å². The smallest absolute Gasteiger partial charge is 0.193 e. The maximum absolute atomic E-state index is 12.4. The molecule has 0 saturated heterocycles. The number of aromatic nitrogens is 1. The monoisotopic (exact) mass is 369 g/mol. The minimum Gasteiger partial charge on any atom is -0.454 e. The lowest BCUT2D eigenvalue weighted by atomic mass is 9.95. The number of aryl methyl sites for hydroxylation is 2. The lowest BCUT2D eigenvalue weighted by Gasteiger charge is -2.18. The summed E-state index contributed by atoms with van der Waals surface area (Å²) in [6.45, 7) is 4.18. The number of carbonyl (C=O) groups excluding carboxylic acids is 1. The number of rotatable bonds is 3. The zero-order valence-electron chi connectivity index (χ0n) is 15.4. The lowest BCUT2D eigenvalue weighted by Crippen LogP contribution is -2.20. The molecular weight excluding hydrogens is 350 g/mol. The van der Waals surface area contributed by atoms with Crippen LogP contribution >= 0.6 is 0 Å². The molecule has 1 aromatic carbocycles. The molecule has 0 amide bonds. The number of carbonyl (C=O) groups is 1. The van der Waals surface area contributed by atoms with Gasteiger partial charge in [-0.15, -0.1) is 0 Å². The van der Waals surface area contributed by atoms with E-state index in [2.05, 4.69) is 43.0 Å². The van der Waals surface area contributed by atoms with Gasteiger partial charge in [0.25, 0.3) is 0 Å². The van der Waals surface area contributed by atoms with E-state index in [1.807, 2.05) is 4.57 Å². The molecule has 0 N–H and O–H groups in total. The van der Waals surface area contributed by atoms with E-state index in [1.165, 1.54) is 23.3 Å². The molecule has 0 atom stereocenters. The van der Waals surface area contributed by atoms with Crippen molar-refractivity contribution in [1.29, 1.82) is 0 Å². The zero-order chi connectivity index (χ0) is 19.3. The quantitative estimate of drug-likeness (QED) is 0.486. The minimum atomic E-state index is -0.352. The molecular formula is C24H19NO3. The molecule has 3 aromatic rings. The number of fused-ring (bicyclic) bond motifs is 5. The van der Waals surface area contributed by atoms with Crippen molar-refractivity contribution >= 4 is 22.3 Å². The summed E-state index contributed by atoms with van der Waals surface area (Å²) < 4.78 is 8.15. The van der Waals surface area contributed by atoms with E-state index < -0.39 is 0 Å². The van der Waals surface area contributed by atoms with Crippen LogP contribution in [0.25, 0.3) is 28.0 Å². The van der Waals surface area contributed by atoms with Crippen molar-refractivity contribution in [1.82, 2.24) is 4.57 Å². The van der Waals surface area contributed by atoms with Crippen LogP contribution in [0.5, 0.6) is 0 Å². The van der Waals surface area contributed by atoms with E-state index in [9.17, 15) is 9.59 Å². The van der Waals surface area contributed by atoms with E-state index in [1.54, 1.807) is 6.20 Å². The highest BCUT2D eigenvalue weighted by molar-refractivity contribution is 6.04. The standard InChI is InChI=1S/C24H19NO3/c1-2-21(26)19-14-25-11-10-18-17-9-8-16(15-6-4-3-5-7-15)12-23(17)28-24(18)20(25)13-22(19)27/h2-4,6,8-9,12-14H,1,5,7,10-11H2. The topological polar surface area (TPSA) is 52.2 Å². The highest BCUT2D eigenvalue weighted by Crippen LogP contribution is 2.38. The molecule has 4 nitrogen and oxygen atoms in total. The van der Waals surface area contributed by atoms with Gasteiger partial charge < -0.3 is 8.98 Å². The predicted molar refractivity (Wildman–Crippen MR) is 110 cm³/mol. The minimum absolute atomic E-state index is 0.151. The number of pyridine rings is 1. The van der Waals surface area contributed by atoms with Crippen molar-refractivity contribution < 1.29 is 9.21 Å². The third-order valence-electron chi connectivity index (χ3n) is 5.59. The first-order chi connectivity index (χ1) is 13.7. The molecule has 1 aliphatic carbocycles. The summed E-state index contributed by atoms with van der Waals surface area (Å²) in [4.78, 5) is 24.4. The Hall–Kier alpha value is -3.40. The fourth-order valence-corrected chi connectivity index (χ4v) is 4.13. The molecule has 5 rings (SSSR count). The van der Waals surface area contributed by atoms with Crippen LogP contribution in [0.3, 0.4) is 0 Å². The van der Waals surface area contributed by atoms with Crippen LogP contribution in [0.4, 0.5) is 0 Å². The van der Waals surface area contributed by atoms with Gasteiger partial charge in [0.1, 0.15) is 5.58 Å². The molecule has 2 aromatic heterocycles. The normalized spacial score (nSPS) is 15.1. The van der Waals surface area contributed by atoms with Gasteiger partial charge in [-0.25, -0.2) is 0 Å². The van der Waals surface area contributed by atoms with Crippen LogP contribution < -0.4 is 5.43 Å². The van der Waals surface area contributed by atoms with Gasteiger partial charge in [-0.05, 0) is 42.5 Å². The van der Waals surface area contributed by atoms with E-state index in [-0.39, 0.29) is 16.8 Å². The van der Waals surface area contributed by atoms with Gasteiger partial charge in [-0.3, -0.25) is 9.59 Å². The van der Waals surface area contributed by atoms with Crippen molar-refractivity contribution in [2.24, 2.45) is 0 Å². The van der Waals surface area contributed by atoms with Gasteiger partial charge in [0.05, 0.1) is 11.3 Å². The fraction of sp³-hybridized carbons (Fsp3) is 0.167.